The molecule has 0 saturated carbocycles. The molecule has 0 spiro atoms. The van der Waals surface area contributed by atoms with Crippen molar-refractivity contribution < 1.29 is 22.4 Å². The van der Waals surface area contributed by atoms with Gasteiger partial charge in [0.1, 0.15) is 11.5 Å². The quantitative estimate of drug-likeness (QED) is 0.280. The van der Waals surface area contributed by atoms with Gasteiger partial charge in [0.25, 0.3) is 0 Å². The topological polar surface area (TPSA) is 46.1 Å². The second-order valence-corrected chi connectivity index (χ2v) is 8.04. The maximum absolute atomic E-state index is 13.8. The van der Waals surface area contributed by atoms with Crippen LogP contribution in [0.5, 0.6) is 0 Å². The standard InChI is InChI=1S/C25H18ClF4N3O/c1-3-23(34)33(17-6-7-20(27)19(26)11-17)24-14(2)12-31-21-8-4-15(10-18(21)24)16-5-9-22(32-13-16)25(28,29)30/h4-13H,3H2,1-2H3. The minimum atomic E-state index is -4.53. The normalized spacial score (nSPS) is 11.6. The second-order valence-electron chi connectivity index (χ2n) is 7.63. The summed E-state index contributed by atoms with van der Waals surface area (Å²) in [6.07, 6.45) is -1.59. The Kier molecular flexibility index (Phi) is 6.27. The van der Waals surface area contributed by atoms with E-state index < -0.39 is 17.7 Å². The van der Waals surface area contributed by atoms with E-state index in [0.717, 1.165) is 12.3 Å². The van der Waals surface area contributed by atoms with Crippen LogP contribution in [0.4, 0.5) is 28.9 Å². The zero-order valence-electron chi connectivity index (χ0n) is 18.1. The number of hydrogen-bond acceptors (Lipinski definition) is 3. The molecule has 4 nitrogen and oxygen atoms in total. The van der Waals surface area contributed by atoms with E-state index >= 15 is 0 Å². The van der Waals surface area contributed by atoms with Crippen LogP contribution in [0.15, 0.2) is 60.9 Å². The molecule has 2 aromatic heterocycles. The van der Waals surface area contributed by atoms with Crippen molar-refractivity contribution in [3.8, 4) is 11.1 Å². The number of amides is 1. The number of aryl methyl sites for hydroxylation is 1. The van der Waals surface area contributed by atoms with E-state index in [1.165, 1.54) is 29.2 Å². The predicted molar refractivity (Wildman–Crippen MR) is 124 cm³/mol. The first-order valence-corrected chi connectivity index (χ1v) is 10.7. The van der Waals surface area contributed by atoms with Crippen LogP contribution in [0.2, 0.25) is 5.02 Å². The van der Waals surface area contributed by atoms with Gasteiger partial charge in [-0.2, -0.15) is 13.2 Å². The molecule has 34 heavy (non-hydrogen) atoms. The number of carbonyl (C=O) groups is 1. The van der Waals surface area contributed by atoms with Crippen LogP contribution in [-0.4, -0.2) is 15.9 Å². The third kappa shape index (κ3) is 4.46. The Morgan fingerprint density at radius 2 is 1.74 bits per heavy atom. The van der Waals surface area contributed by atoms with E-state index in [1.807, 2.05) is 0 Å². The molecular formula is C25H18ClF4N3O. The first-order valence-electron chi connectivity index (χ1n) is 10.3. The SMILES string of the molecule is CCC(=O)N(c1ccc(F)c(Cl)c1)c1c(C)cnc2ccc(-c3ccc(C(F)(F)F)nc3)cc12. The van der Waals surface area contributed by atoms with Crippen molar-refractivity contribution in [3.63, 3.8) is 0 Å². The number of rotatable bonds is 4. The van der Waals surface area contributed by atoms with E-state index in [9.17, 15) is 22.4 Å². The lowest BCUT2D eigenvalue weighted by Gasteiger charge is -2.26. The smallest absolute Gasteiger partial charge is 0.280 e. The molecule has 2 heterocycles. The van der Waals surface area contributed by atoms with Crippen LogP contribution in [0, 0.1) is 12.7 Å². The number of aromatic nitrogens is 2. The number of pyridine rings is 2. The van der Waals surface area contributed by atoms with Crippen molar-refractivity contribution in [1.29, 1.82) is 0 Å². The van der Waals surface area contributed by atoms with Crippen molar-refractivity contribution >= 4 is 39.8 Å². The van der Waals surface area contributed by atoms with Crippen LogP contribution in [-0.2, 0) is 11.0 Å². The highest BCUT2D eigenvalue weighted by molar-refractivity contribution is 6.31. The second kappa shape index (κ2) is 9.02. The lowest BCUT2D eigenvalue weighted by molar-refractivity contribution is -0.141. The third-order valence-electron chi connectivity index (χ3n) is 5.35. The summed E-state index contributed by atoms with van der Waals surface area (Å²) >= 11 is 5.99. The fourth-order valence-electron chi connectivity index (χ4n) is 3.67. The van der Waals surface area contributed by atoms with E-state index in [0.29, 0.717) is 39.0 Å². The highest BCUT2D eigenvalue weighted by Gasteiger charge is 2.32. The zero-order chi connectivity index (χ0) is 24.6. The Morgan fingerprint density at radius 1 is 1.00 bits per heavy atom. The molecule has 2 aromatic carbocycles. The number of nitrogens with zero attached hydrogens (tertiary/aromatic N) is 3. The summed E-state index contributed by atoms with van der Waals surface area (Å²) in [7, 11) is 0. The Balaban J connectivity index is 1.91. The van der Waals surface area contributed by atoms with Gasteiger partial charge in [-0.25, -0.2) is 4.39 Å². The summed E-state index contributed by atoms with van der Waals surface area (Å²) in [6, 6.07) is 11.5. The zero-order valence-corrected chi connectivity index (χ0v) is 18.9. The minimum Gasteiger partial charge on any atom is -0.280 e. The minimum absolute atomic E-state index is 0.126. The molecule has 0 bridgehead atoms. The van der Waals surface area contributed by atoms with Crippen molar-refractivity contribution in [2.24, 2.45) is 0 Å². The molecule has 0 N–H and O–H groups in total. The summed E-state index contributed by atoms with van der Waals surface area (Å²) in [5, 5.41) is 0.471. The van der Waals surface area contributed by atoms with E-state index in [1.54, 1.807) is 38.2 Å². The lowest BCUT2D eigenvalue weighted by atomic mass is 10.0. The molecule has 0 radical (unpaired) electrons. The molecule has 174 valence electrons. The van der Waals surface area contributed by atoms with Crippen LogP contribution >= 0.6 is 11.6 Å². The molecule has 0 saturated heterocycles. The number of hydrogen-bond donors (Lipinski definition) is 0. The van der Waals surface area contributed by atoms with E-state index in [2.05, 4.69) is 9.97 Å². The third-order valence-corrected chi connectivity index (χ3v) is 5.64. The number of benzene rings is 2. The number of halogens is 5. The lowest BCUT2D eigenvalue weighted by Crippen LogP contribution is -2.26. The van der Waals surface area contributed by atoms with E-state index in [4.69, 9.17) is 11.6 Å². The first-order chi connectivity index (χ1) is 16.1. The number of carbonyl (C=O) groups excluding carboxylic acids is 1. The predicted octanol–water partition coefficient (Wildman–Crippen LogP) is 7.49. The number of anilines is 2. The Labute approximate surface area is 197 Å². The molecule has 0 unspecified atom stereocenters. The van der Waals surface area contributed by atoms with Gasteiger partial charge in [-0.3, -0.25) is 19.7 Å². The van der Waals surface area contributed by atoms with Crippen molar-refractivity contribution in [2.75, 3.05) is 4.90 Å². The number of fused-ring (bicyclic) bond motifs is 1. The molecule has 9 heteroatoms. The Bertz CT molecular complexity index is 1390. The molecule has 0 aliphatic heterocycles. The summed E-state index contributed by atoms with van der Waals surface area (Å²) < 4.78 is 52.5. The molecule has 1 amide bonds. The molecule has 0 fully saturated rings. The molecule has 0 atom stereocenters. The summed E-state index contributed by atoms with van der Waals surface area (Å²) in [5.74, 6) is -0.859. The van der Waals surface area contributed by atoms with Crippen LogP contribution in [0.25, 0.3) is 22.0 Å². The van der Waals surface area contributed by atoms with Gasteiger partial charge in [0.15, 0.2) is 0 Å². The van der Waals surface area contributed by atoms with Gasteiger partial charge in [0.2, 0.25) is 5.91 Å². The van der Waals surface area contributed by atoms with Crippen molar-refractivity contribution in [3.05, 3.63) is 83.0 Å². The molecule has 4 aromatic rings. The van der Waals surface area contributed by atoms with Gasteiger partial charge in [-0.05, 0) is 54.4 Å². The molecular weight excluding hydrogens is 470 g/mol. The number of alkyl halides is 3. The average Bonchev–Trinajstić information content (AvgIpc) is 2.82. The first kappa shape index (κ1) is 23.6. The maximum atomic E-state index is 13.8. The van der Waals surface area contributed by atoms with Gasteiger partial charge in [-0.1, -0.05) is 30.7 Å². The summed E-state index contributed by atoms with van der Waals surface area (Å²) in [4.78, 5) is 22.5. The van der Waals surface area contributed by atoms with E-state index in [-0.39, 0.29) is 17.4 Å². The fourth-order valence-corrected chi connectivity index (χ4v) is 3.84. The highest BCUT2D eigenvalue weighted by atomic mass is 35.5. The largest absolute Gasteiger partial charge is 0.433 e. The van der Waals surface area contributed by atoms with Gasteiger partial charge in [0, 0.05) is 29.8 Å². The highest BCUT2D eigenvalue weighted by Crippen LogP contribution is 2.38. The van der Waals surface area contributed by atoms with Crippen LogP contribution in [0.3, 0.4) is 0 Å². The summed E-state index contributed by atoms with van der Waals surface area (Å²) in [6.45, 7) is 3.49. The summed E-state index contributed by atoms with van der Waals surface area (Å²) in [5.41, 5.74) is 2.26. The van der Waals surface area contributed by atoms with Gasteiger partial charge >= 0.3 is 6.18 Å². The Morgan fingerprint density at radius 3 is 2.35 bits per heavy atom. The van der Waals surface area contributed by atoms with Crippen molar-refractivity contribution in [1.82, 2.24) is 9.97 Å². The molecule has 0 aliphatic rings. The maximum Gasteiger partial charge on any atom is 0.433 e. The van der Waals surface area contributed by atoms with Crippen molar-refractivity contribution in [2.45, 2.75) is 26.4 Å². The van der Waals surface area contributed by atoms with Crippen LogP contribution in [0.1, 0.15) is 24.6 Å². The monoisotopic (exact) mass is 487 g/mol. The van der Waals surface area contributed by atoms with Gasteiger partial charge in [0.05, 0.1) is 21.9 Å². The van der Waals surface area contributed by atoms with Gasteiger partial charge < -0.3 is 0 Å². The fraction of sp³-hybridized carbons (Fsp3) is 0.160. The Hall–Kier alpha value is -3.52. The molecule has 0 aliphatic carbocycles. The van der Waals surface area contributed by atoms with Gasteiger partial charge in [-0.15, -0.1) is 0 Å². The van der Waals surface area contributed by atoms with Crippen LogP contribution < -0.4 is 4.90 Å². The average molecular weight is 488 g/mol. The molecule has 4 rings (SSSR count).